The first-order chi connectivity index (χ1) is 14.4. The molecule has 0 bridgehead atoms. The highest BCUT2D eigenvalue weighted by Gasteiger charge is 2.10. The molecule has 1 amide bonds. The minimum atomic E-state index is -0.136. The number of hydrogen-bond acceptors (Lipinski definition) is 6. The number of nitrogens with zero attached hydrogens (tertiary/aromatic N) is 2. The molecule has 2 aromatic carbocycles. The van der Waals surface area contributed by atoms with Crippen LogP contribution in [0.15, 0.2) is 47.5 Å². The SMILES string of the molecule is COc1ccc(NC(=O)CSc2ccc(-c3cc(C)c(C)cc3C)nn2)cc1OC. The number of benzene rings is 2. The van der Waals surface area contributed by atoms with Crippen molar-refractivity contribution in [2.75, 3.05) is 25.3 Å². The Morgan fingerprint density at radius 1 is 0.900 bits per heavy atom. The highest BCUT2D eigenvalue weighted by molar-refractivity contribution is 7.99. The predicted molar refractivity (Wildman–Crippen MR) is 121 cm³/mol. The van der Waals surface area contributed by atoms with Gasteiger partial charge < -0.3 is 14.8 Å². The first-order valence-electron chi connectivity index (χ1n) is 9.48. The summed E-state index contributed by atoms with van der Waals surface area (Å²) in [7, 11) is 3.13. The quantitative estimate of drug-likeness (QED) is 0.550. The number of thioether (sulfide) groups is 1. The third-order valence-corrected chi connectivity index (χ3v) is 5.70. The van der Waals surface area contributed by atoms with Gasteiger partial charge in [-0.2, -0.15) is 0 Å². The van der Waals surface area contributed by atoms with Gasteiger partial charge in [-0.15, -0.1) is 10.2 Å². The summed E-state index contributed by atoms with van der Waals surface area (Å²) in [4.78, 5) is 12.3. The van der Waals surface area contributed by atoms with Crippen molar-refractivity contribution in [2.45, 2.75) is 25.8 Å². The van der Waals surface area contributed by atoms with E-state index in [0.717, 1.165) is 11.3 Å². The van der Waals surface area contributed by atoms with E-state index in [1.54, 1.807) is 32.4 Å². The number of hydrogen-bond donors (Lipinski definition) is 1. The van der Waals surface area contributed by atoms with E-state index < -0.39 is 0 Å². The Morgan fingerprint density at radius 2 is 1.63 bits per heavy atom. The van der Waals surface area contributed by atoms with Gasteiger partial charge in [0.05, 0.1) is 25.7 Å². The van der Waals surface area contributed by atoms with Gasteiger partial charge in [-0.1, -0.05) is 17.8 Å². The van der Waals surface area contributed by atoms with Crippen LogP contribution in [0.1, 0.15) is 16.7 Å². The maximum absolute atomic E-state index is 12.3. The van der Waals surface area contributed by atoms with Crippen LogP contribution in [0.2, 0.25) is 0 Å². The summed E-state index contributed by atoms with van der Waals surface area (Å²) in [5, 5.41) is 12.2. The maximum atomic E-state index is 12.3. The molecule has 0 aliphatic heterocycles. The molecule has 156 valence electrons. The molecule has 1 heterocycles. The standard InChI is InChI=1S/C23H25N3O3S/c1-14-10-16(3)18(11-15(14)2)19-7-9-23(26-25-19)30-13-22(27)24-17-6-8-20(28-4)21(12-17)29-5/h6-12H,13H2,1-5H3,(H,24,27). The fourth-order valence-corrected chi connectivity index (χ4v) is 3.64. The van der Waals surface area contributed by atoms with Gasteiger partial charge >= 0.3 is 0 Å². The van der Waals surface area contributed by atoms with Gasteiger partial charge in [-0.25, -0.2) is 0 Å². The van der Waals surface area contributed by atoms with Crippen molar-refractivity contribution < 1.29 is 14.3 Å². The normalized spacial score (nSPS) is 10.6. The molecular weight excluding hydrogens is 398 g/mol. The molecule has 1 N–H and O–H groups in total. The summed E-state index contributed by atoms with van der Waals surface area (Å²) in [6.45, 7) is 6.27. The lowest BCUT2D eigenvalue weighted by molar-refractivity contribution is -0.113. The fraction of sp³-hybridized carbons (Fsp3) is 0.261. The summed E-state index contributed by atoms with van der Waals surface area (Å²) in [6, 6.07) is 13.4. The Hall–Kier alpha value is -3.06. The summed E-state index contributed by atoms with van der Waals surface area (Å²) in [5.41, 5.74) is 6.20. The number of nitrogens with one attached hydrogen (secondary N) is 1. The van der Waals surface area contributed by atoms with Crippen LogP contribution in [0.5, 0.6) is 11.5 Å². The molecule has 0 atom stereocenters. The zero-order valence-corrected chi connectivity index (χ0v) is 18.6. The summed E-state index contributed by atoms with van der Waals surface area (Å²) >= 11 is 1.34. The van der Waals surface area contributed by atoms with Gasteiger partial charge in [0, 0.05) is 17.3 Å². The Kier molecular flexibility index (Phi) is 6.95. The Morgan fingerprint density at radius 3 is 2.30 bits per heavy atom. The fourth-order valence-electron chi connectivity index (χ4n) is 3.03. The average Bonchev–Trinajstić information content (AvgIpc) is 2.75. The molecule has 7 heteroatoms. The number of ether oxygens (including phenoxy) is 2. The number of carbonyl (C=O) groups excluding carboxylic acids is 1. The lowest BCUT2D eigenvalue weighted by atomic mass is 9.99. The molecule has 1 aromatic heterocycles. The third kappa shape index (κ3) is 5.10. The molecule has 0 saturated heterocycles. The molecule has 0 radical (unpaired) electrons. The van der Waals surface area contributed by atoms with Crippen LogP contribution >= 0.6 is 11.8 Å². The predicted octanol–water partition coefficient (Wildman–Crippen LogP) is 4.82. The number of anilines is 1. The smallest absolute Gasteiger partial charge is 0.234 e. The second-order valence-electron chi connectivity index (χ2n) is 6.91. The number of aromatic nitrogens is 2. The number of aryl methyl sites for hydroxylation is 3. The van der Waals surface area contributed by atoms with Crippen molar-refractivity contribution in [1.29, 1.82) is 0 Å². The number of carbonyl (C=O) groups is 1. The maximum Gasteiger partial charge on any atom is 0.234 e. The first kappa shape index (κ1) is 21.6. The highest BCUT2D eigenvalue weighted by Crippen LogP contribution is 2.30. The van der Waals surface area contributed by atoms with E-state index in [2.05, 4.69) is 48.4 Å². The van der Waals surface area contributed by atoms with E-state index in [1.807, 2.05) is 12.1 Å². The van der Waals surface area contributed by atoms with Gasteiger partial charge in [0.25, 0.3) is 0 Å². The third-order valence-electron chi connectivity index (χ3n) is 4.78. The first-order valence-corrected chi connectivity index (χ1v) is 10.5. The van der Waals surface area contributed by atoms with Crippen LogP contribution in [-0.2, 0) is 4.79 Å². The van der Waals surface area contributed by atoms with Crippen LogP contribution in [0.25, 0.3) is 11.3 Å². The van der Waals surface area contributed by atoms with Crippen molar-refractivity contribution in [3.63, 3.8) is 0 Å². The van der Waals surface area contributed by atoms with Crippen molar-refractivity contribution in [3.8, 4) is 22.8 Å². The molecule has 0 unspecified atom stereocenters. The van der Waals surface area contributed by atoms with Gasteiger partial charge in [-0.3, -0.25) is 4.79 Å². The van der Waals surface area contributed by atoms with Gasteiger partial charge in [0.1, 0.15) is 5.03 Å². The number of methoxy groups -OCH3 is 2. The largest absolute Gasteiger partial charge is 0.493 e. The lowest BCUT2D eigenvalue weighted by Gasteiger charge is -2.10. The highest BCUT2D eigenvalue weighted by atomic mass is 32.2. The Balaban J connectivity index is 1.61. The number of amides is 1. The molecule has 0 saturated carbocycles. The molecule has 3 aromatic rings. The number of rotatable bonds is 7. The van der Waals surface area contributed by atoms with E-state index in [9.17, 15) is 4.79 Å². The van der Waals surface area contributed by atoms with E-state index in [1.165, 1.54) is 28.5 Å². The minimum absolute atomic E-state index is 0.136. The summed E-state index contributed by atoms with van der Waals surface area (Å²) < 4.78 is 10.5. The van der Waals surface area contributed by atoms with Crippen LogP contribution in [0.3, 0.4) is 0 Å². The van der Waals surface area contributed by atoms with Crippen LogP contribution in [0.4, 0.5) is 5.69 Å². The van der Waals surface area contributed by atoms with Crippen molar-refractivity contribution in [1.82, 2.24) is 10.2 Å². The molecule has 0 spiro atoms. The monoisotopic (exact) mass is 423 g/mol. The second-order valence-corrected chi connectivity index (χ2v) is 7.91. The van der Waals surface area contributed by atoms with Crippen molar-refractivity contribution in [3.05, 3.63) is 59.2 Å². The molecule has 30 heavy (non-hydrogen) atoms. The minimum Gasteiger partial charge on any atom is -0.493 e. The Labute approximate surface area is 181 Å². The van der Waals surface area contributed by atoms with E-state index in [-0.39, 0.29) is 11.7 Å². The van der Waals surface area contributed by atoms with Crippen LogP contribution < -0.4 is 14.8 Å². The summed E-state index contributed by atoms with van der Waals surface area (Å²) in [5.74, 6) is 1.26. The van der Waals surface area contributed by atoms with E-state index in [0.29, 0.717) is 22.2 Å². The topological polar surface area (TPSA) is 73.3 Å². The molecular formula is C23H25N3O3S. The molecule has 6 nitrogen and oxygen atoms in total. The molecule has 0 fully saturated rings. The van der Waals surface area contributed by atoms with Gasteiger partial charge in [0.15, 0.2) is 11.5 Å². The van der Waals surface area contributed by atoms with E-state index in [4.69, 9.17) is 9.47 Å². The summed E-state index contributed by atoms with van der Waals surface area (Å²) in [6.07, 6.45) is 0. The second kappa shape index (κ2) is 9.63. The lowest BCUT2D eigenvalue weighted by Crippen LogP contribution is -2.14. The van der Waals surface area contributed by atoms with E-state index >= 15 is 0 Å². The zero-order valence-electron chi connectivity index (χ0n) is 17.8. The average molecular weight is 424 g/mol. The molecule has 3 rings (SSSR count). The molecule has 0 aliphatic carbocycles. The molecule has 0 aliphatic rings. The van der Waals surface area contributed by atoms with Gasteiger partial charge in [-0.05, 0) is 67.8 Å². The van der Waals surface area contributed by atoms with Crippen molar-refractivity contribution >= 4 is 23.4 Å². The van der Waals surface area contributed by atoms with Crippen molar-refractivity contribution in [2.24, 2.45) is 0 Å². The van der Waals surface area contributed by atoms with Crippen LogP contribution in [-0.4, -0.2) is 36.1 Å². The van der Waals surface area contributed by atoms with Crippen LogP contribution in [0, 0.1) is 20.8 Å². The zero-order chi connectivity index (χ0) is 21.7. The van der Waals surface area contributed by atoms with Gasteiger partial charge in [0.2, 0.25) is 5.91 Å². The Bertz CT molecular complexity index is 1050.